The first-order valence-corrected chi connectivity index (χ1v) is 10.2. The Kier molecular flexibility index (Phi) is 7.33. The predicted octanol–water partition coefficient (Wildman–Crippen LogP) is 5.94. The van der Waals surface area contributed by atoms with E-state index in [1.165, 1.54) is 33.5 Å². The summed E-state index contributed by atoms with van der Waals surface area (Å²) >= 11 is 0. The fourth-order valence-electron chi connectivity index (χ4n) is 3.40. The maximum atomic E-state index is 14.0. The molecule has 0 aromatic heterocycles. The summed E-state index contributed by atoms with van der Waals surface area (Å²) in [6, 6.07) is 10.8. The zero-order chi connectivity index (χ0) is 24.1. The van der Waals surface area contributed by atoms with Crippen LogP contribution in [0.4, 0.5) is 4.39 Å². The molecule has 3 aromatic carbocycles. The van der Waals surface area contributed by atoms with Crippen molar-refractivity contribution < 1.29 is 33.6 Å². The van der Waals surface area contributed by atoms with Crippen molar-refractivity contribution in [1.82, 2.24) is 0 Å². The smallest absolute Gasteiger partial charge is 0.170 e. The molecule has 0 spiro atoms. The fraction of sp³-hybridized carbons (Fsp3) is 0.231. The van der Waals surface area contributed by atoms with Gasteiger partial charge in [-0.15, -0.1) is 0 Å². The Labute approximate surface area is 192 Å². The van der Waals surface area contributed by atoms with E-state index in [-0.39, 0.29) is 11.5 Å². The molecular weight excluding hydrogens is 427 g/mol. The molecule has 0 bridgehead atoms. The molecule has 0 aliphatic heterocycles. The highest BCUT2D eigenvalue weighted by Gasteiger charge is 2.23. The fourth-order valence-corrected chi connectivity index (χ4v) is 3.40. The van der Waals surface area contributed by atoms with Crippen molar-refractivity contribution in [2.24, 2.45) is 0 Å². The average Bonchev–Trinajstić information content (AvgIpc) is 2.80. The molecule has 0 saturated carbocycles. The van der Waals surface area contributed by atoms with Gasteiger partial charge in [-0.3, -0.25) is 0 Å². The molecule has 3 rings (SSSR count). The summed E-state index contributed by atoms with van der Waals surface area (Å²) in [5.41, 5.74) is 2.94. The van der Waals surface area contributed by atoms with Crippen molar-refractivity contribution in [2.45, 2.75) is 13.8 Å². The number of benzene rings is 3. The number of aromatic hydroxyl groups is 2. The number of halogens is 1. The summed E-state index contributed by atoms with van der Waals surface area (Å²) in [6.07, 6.45) is 1.96. The second-order valence-corrected chi connectivity index (χ2v) is 7.51. The van der Waals surface area contributed by atoms with Crippen LogP contribution in [0.15, 0.2) is 54.1 Å². The third-order valence-corrected chi connectivity index (χ3v) is 5.08. The van der Waals surface area contributed by atoms with Crippen LogP contribution < -0.4 is 18.9 Å². The maximum absolute atomic E-state index is 14.0. The predicted molar refractivity (Wildman–Crippen MR) is 125 cm³/mol. The van der Waals surface area contributed by atoms with E-state index in [9.17, 15) is 14.6 Å². The van der Waals surface area contributed by atoms with E-state index in [0.717, 1.165) is 11.6 Å². The highest BCUT2D eigenvalue weighted by Crippen LogP contribution is 2.50. The van der Waals surface area contributed by atoms with Gasteiger partial charge in [0.05, 0.1) is 26.9 Å². The van der Waals surface area contributed by atoms with Gasteiger partial charge in [0.2, 0.25) is 0 Å². The molecule has 0 amide bonds. The van der Waals surface area contributed by atoms with Gasteiger partial charge in [0.15, 0.2) is 34.6 Å². The molecular formula is C26H27FO6. The number of phenols is 2. The molecule has 174 valence electrons. The van der Waals surface area contributed by atoms with Crippen molar-refractivity contribution >= 4 is 0 Å². The zero-order valence-electron chi connectivity index (χ0n) is 19.2. The lowest BCUT2D eigenvalue weighted by molar-refractivity contribution is 0.326. The molecule has 3 aromatic rings. The monoisotopic (exact) mass is 454 g/mol. The van der Waals surface area contributed by atoms with Crippen LogP contribution in [0.3, 0.4) is 0 Å². The summed E-state index contributed by atoms with van der Waals surface area (Å²) < 4.78 is 36.3. The lowest BCUT2D eigenvalue weighted by atomic mass is 9.96. The molecule has 7 heteroatoms. The Bertz CT molecular complexity index is 1180. The van der Waals surface area contributed by atoms with E-state index in [1.807, 2.05) is 19.9 Å². The van der Waals surface area contributed by atoms with Gasteiger partial charge in [-0.05, 0) is 61.4 Å². The summed E-state index contributed by atoms with van der Waals surface area (Å²) in [7, 11) is 4.42. The highest BCUT2D eigenvalue weighted by atomic mass is 19.1. The minimum Gasteiger partial charge on any atom is -0.505 e. The zero-order valence-corrected chi connectivity index (χ0v) is 19.2. The number of rotatable bonds is 8. The van der Waals surface area contributed by atoms with Crippen molar-refractivity contribution in [3.05, 3.63) is 59.9 Å². The van der Waals surface area contributed by atoms with Gasteiger partial charge in [-0.2, -0.15) is 0 Å². The van der Waals surface area contributed by atoms with E-state index in [1.54, 1.807) is 24.3 Å². The van der Waals surface area contributed by atoms with Crippen molar-refractivity contribution in [3.8, 4) is 56.8 Å². The Balaban J connectivity index is 2.13. The topological polar surface area (TPSA) is 77.4 Å². The SMILES string of the molecule is COc1cc(-c2c(OC)cc(-c3ccc(O)c(F)c3)c(OC)c2O)ccc1OCC=C(C)C. The van der Waals surface area contributed by atoms with Gasteiger partial charge in [0, 0.05) is 5.56 Å². The molecule has 0 aliphatic carbocycles. The number of allylic oxidation sites excluding steroid dienone is 1. The molecule has 0 heterocycles. The van der Waals surface area contributed by atoms with Crippen LogP contribution in [0, 0.1) is 5.82 Å². The molecule has 6 nitrogen and oxygen atoms in total. The van der Waals surface area contributed by atoms with Crippen molar-refractivity contribution in [1.29, 1.82) is 0 Å². The standard InChI is InChI=1S/C26H27FO6/c1-15(2)10-11-33-21-9-7-17(13-22(21)30-3)24-23(31-4)14-18(26(32-5)25(24)29)16-6-8-20(28)19(27)12-16/h6-10,12-14,28-29H,11H2,1-5H3. The Morgan fingerprint density at radius 3 is 2.15 bits per heavy atom. The minimum atomic E-state index is -0.787. The van der Waals surface area contributed by atoms with Crippen LogP contribution in [0.2, 0.25) is 0 Å². The van der Waals surface area contributed by atoms with Crippen LogP contribution in [-0.2, 0) is 0 Å². The third kappa shape index (κ3) is 4.98. The van der Waals surface area contributed by atoms with Crippen LogP contribution >= 0.6 is 0 Å². The van der Waals surface area contributed by atoms with Gasteiger partial charge < -0.3 is 29.2 Å². The maximum Gasteiger partial charge on any atom is 0.170 e. The molecule has 0 unspecified atom stereocenters. The van der Waals surface area contributed by atoms with E-state index in [2.05, 4.69) is 0 Å². The first-order chi connectivity index (χ1) is 15.8. The Morgan fingerprint density at radius 2 is 1.55 bits per heavy atom. The number of hydrogen-bond donors (Lipinski definition) is 2. The van der Waals surface area contributed by atoms with E-state index in [4.69, 9.17) is 18.9 Å². The molecule has 0 aliphatic rings. The Hall–Kier alpha value is -3.87. The molecule has 0 atom stereocenters. The third-order valence-electron chi connectivity index (χ3n) is 5.08. The number of phenolic OH excluding ortho intramolecular Hbond substituents is 2. The highest BCUT2D eigenvalue weighted by molar-refractivity contribution is 5.88. The molecule has 0 radical (unpaired) electrons. The van der Waals surface area contributed by atoms with Gasteiger partial charge in [0.25, 0.3) is 0 Å². The first kappa shape index (κ1) is 23.8. The second-order valence-electron chi connectivity index (χ2n) is 7.51. The summed E-state index contributed by atoms with van der Waals surface area (Å²) in [5.74, 6) is 0.0894. The van der Waals surface area contributed by atoms with Gasteiger partial charge >= 0.3 is 0 Å². The largest absolute Gasteiger partial charge is 0.505 e. The molecule has 0 saturated heterocycles. The number of methoxy groups -OCH3 is 3. The average molecular weight is 454 g/mol. The normalized spacial score (nSPS) is 10.5. The van der Waals surface area contributed by atoms with Gasteiger partial charge in [-0.25, -0.2) is 4.39 Å². The lowest BCUT2D eigenvalue weighted by Crippen LogP contribution is -1.99. The van der Waals surface area contributed by atoms with Crippen LogP contribution in [0.25, 0.3) is 22.3 Å². The lowest BCUT2D eigenvalue weighted by Gasteiger charge is -2.19. The van der Waals surface area contributed by atoms with Gasteiger partial charge in [-0.1, -0.05) is 17.7 Å². The Morgan fingerprint density at radius 1 is 0.848 bits per heavy atom. The quantitative estimate of drug-likeness (QED) is 0.410. The van der Waals surface area contributed by atoms with Crippen molar-refractivity contribution in [3.63, 3.8) is 0 Å². The molecule has 0 fully saturated rings. The number of ether oxygens (including phenoxy) is 4. The van der Waals surface area contributed by atoms with Crippen LogP contribution in [-0.4, -0.2) is 38.1 Å². The van der Waals surface area contributed by atoms with Crippen molar-refractivity contribution in [2.75, 3.05) is 27.9 Å². The van der Waals surface area contributed by atoms with E-state index in [0.29, 0.717) is 46.1 Å². The molecule has 2 N–H and O–H groups in total. The van der Waals surface area contributed by atoms with E-state index >= 15 is 0 Å². The summed E-state index contributed by atoms with van der Waals surface area (Å²) in [4.78, 5) is 0. The first-order valence-electron chi connectivity index (χ1n) is 10.2. The minimum absolute atomic E-state index is 0.138. The summed E-state index contributed by atoms with van der Waals surface area (Å²) in [5, 5.41) is 20.6. The van der Waals surface area contributed by atoms with E-state index < -0.39 is 11.6 Å². The van der Waals surface area contributed by atoms with Gasteiger partial charge in [0.1, 0.15) is 12.4 Å². The second kappa shape index (κ2) is 10.2. The number of hydrogen-bond acceptors (Lipinski definition) is 6. The molecule has 33 heavy (non-hydrogen) atoms. The van der Waals surface area contributed by atoms with Crippen LogP contribution in [0.5, 0.6) is 34.5 Å². The van der Waals surface area contributed by atoms with Crippen LogP contribution in [0.1, 0.15) is 13.8 Å². The summed E-state index contributed by atoms with van der Waals surface area (Å²) in [6.45, 7) is 4.38.